The summed E-state index contributed by atoms with van der Waals surface area (Å²) in [7, 11) is 0. The van der Waals surface area contributed by atoms with Crippen LogP contribution in [0.3, 0.4) is 0 Å². The van der Waals surface area contributed by atoms with Gasteiger partial charge < -0.3 is 0 Å². The lowest BCUT2D eigenvalue weighted by atomic mass is 10.0. The lowest BCUT2D eigenvalue weighted by molar-refractivity contribution is 0.538. The highest BCUT2D eigenvalue weighted by atomic mass is 14.0. The van der Waals surface area contributed by atoms with Crippen molar-refractivity contribution >= 4 is 0 Å². The second-order valence-corrected chi connectivity index (χ2v) is 4.03. The van der Waals surface area contributed by atoms with Crippen LogP contribution in [0.2, 0.25) is 0 Å². The van der Waals surface area contributed by atoms with Gasteiger partial charge in [0.15, 0.2) is 0 Å². The molecule has 1 aromatic rings. The number of unbranched alkanes of at least 4 members (excludes halogenated alkanes) is 1. The van der Waals surface area contributed by atoms with Crippen molar-refractivity contribution < 1.29 is 0 Å². The normalized spacial score (nSPS) is 10.7. The number of rotatable bonds is 5. The second-order valence-electron chi connectivity index (χ2n) is 4.03. The first kappa shape index (κ1) is 10.3. The maximum atomic E-state index is 3.26. The molecular formula is C13H19. The van der Waals surface area contributed by atoms with E-state index in [1.807, 2.05) is 12.1 Å². The summed E-state index contributed by atoms with van der Waals surface area (Å²) in [5.41, 5.74) is 1.35. The molecule has 0 aliphatic rings. The van der Waals surface area contributed by atoms with Gasteiger partial charge >= 0.3 is 0 Å². The van der Waals surface area contributed by atoms with Crippen LogP contribution in [0, 0.1) is 12.0 Å². The second kappa shape index (κ2) is 5.80. The highest BCUT2D eigenvalue weighted by molar-refractivity contribution is 5.12. The predicted octanol–water partition coefficient (Wildman–Crippen LogP) is 3.86. The maximum Gasteiger partial charge on any atom is -0.0149 e. The summed E-state index contributed by atoms with van der Waals surface area (Å²) in [6, 6.07) is 11.5. The Bertz CT molecular complexity index is 211. The summed E-state index contributed by atoms with van der Waals surface area (Å²) >= 11 is 0. The molecule has 13 heavy (non-hydrogen) atoms. The van der Waals surface area contributed by atoms with Gasteiger partial charge in [-0.25, -0.2) is 0 Å². The first-order valence-corrected chi connectivity index (χ1v) is 5.24. The van der Waals surface area contributed by atoms with Gasteiger partial charge in [-0.3, -0.25) is 0 Å². The Balaban J connectivity index is 2.13. The van der Waals surface area contributed by atoms with Crippen LogP contribution in [0.5, 0.6) is 0 Å². The molecule has 0 heterocycles. The number of hydrogen-bond donors (Lipinski definition) is 0. The molecular weight excluding hydrogens is 156 g/mol. The van der Waals surface area contributed by atoms with Crippen LogP contribution in [0.25, 0.3) is 0 Å². The molecule has 0 saturated heterocycles. The van der Waals surface area contributed by atoms with Gasteiger partial charge in [0.05, 0.1) is 0 Å². The molecule has 0 unspecified atom stereocenters. The molecule has 0 heteroatoms. The van der Waals surface area contributed by atoms with Crippen LogP contribution in [0.4, 0.5) is 0 Å². The lowest BCUT2D eigenvalue weighted by Crippen LogP contribution is -1.89. The predicted molar refractivity (Wildman–Crippen MR) is 57.7 cm³/mol. The SMILES string of the molecule is CC(C)CCCCc1[c]cccc1. The molecule has 0 N–H and O–H groups in total. The van der Waals surface area contributed by atoms with Gasteiger partial charge in [0, 0.05) is 0 Å². The standard InChI is InChI=1S/C13H19/c1-12(2)8-6-7-11-13-9-4-3-5-10-13/h3-5,9,12H,6-8,11H2,1-2H3. The van der Waals surface area contributed by atoms with Crippen LogP contribution in [0.1, 0.15) is 38.7 Å². The Morgan fingerprint density at radius 2 is 2.08 bits per heavy atom. The van der Waals surface area contributed by atoms with Crippen LogP contribution in [-0.2, 0) is 6.42 Å². The van der Waals surface area contributed by atoms with Gasteiger partial charge in [-0.2, -0.15) is 0 Å². The zero-order valence-electron chi connectivity index (χ0n) is 8.72. The van der Waals surface area contributed by atoms with E-state index in [-0.39, 0.29) is 0 Å². The van der Waals surface area contributed by atoms with E-state index in [0.717, 1.165) is 5.92 Å². The maximum absolute atomic E-state index is 3.26. The monoisotopic (exact) mass is 175 g/mol. The van der Waals surface area contributed by atoms with Gasteiger partial charge in [0.25, 0.3) is 0 Å². The molecule has 0 fully saturated rings. The van der Waals surface area contributed by atoms with Crippen LogP contribution in [0.15, 0.2) is 24.3 Å². The van der Waals surface area contributed by atoms with Crippen molar-refractivity contribution in [1.29, 1.82) is 0 Å². The Labute approximate surface area is 82.0 Å². The third kappa shape index (κ3) is 4.72. The molecule has 0 bridgehead atoms. The molecule has 71 valence electrons. The third-order valence-electron chi connectivity index (χ3n) is 2.25. The van der Waals surface area contributed by atoms with Gasteiger partial charge in [-0.1, -0.05) is 51.0 Å². The van der Waals surface area contributed by atoms with Crippen LogP contribution in [-0.4, -0.2) is 0 Å². The molecule has 1 radical (unpaired) electrons. The third-order valence-corrected chi connectivity index (χ3v) is 2.25. The highest BCUT2D eigenvalue weighted by Crippen LogP contribution is 2.09. The molecule has 1 aromatic carbocycles. The van der Waals surface area contributed by atoms with E-state index < -0.39 is 0 Å². The Morgan fingerprint density at radius 3 is 2.69 bits per heavy atom. The van der Waals surface area contributed by atoms with Gasteiger partial charge in [-0.15, -0.1) is 0 Å². The van der Waals surface area contributed by atoms with Crippen molar-refractivity contribution in [2.45, 2.75) is 39.5 Å². The summed E-state index contributed by atoms with van der Waals surface area (Å²) in [6.07, 6.45) is 5.19. The Morgan fingerprint density at radius 1 is 1.23 bits per heavy atom. The van der Waals surface area contributed by atoms with Gasteiger partial charge in [-0.05, 0) is 30.4 Å². The van der Waals surface area contributed by atoms with E-state index in [1.165, 1.54) is 31.2 Å². The van der Waals surface area contributed by atoms with Crippen molar-refractivity contribution in [3.05, 3.63) is 35.9 Å². The fraction of sp³-hybridized carbons (Fsp3) is 0.538. The lowest BCUT2D eigenvalue weighted by Gasteiger charge is -2.03. The van der Waals surface area contributed by atoms with Crippen LogP contribution >= 0.6 is 0 Å². The first-order valence-electron chi connectivity index (χ1n) is 5.24. The number of benzene rings is 1. The average molecular weight is 175 g/mol. The molecule has 0 spiro atoms. The first-order chi connectivity index (χ1) is 6.29. The summed E-state index contributed by atoms with van der Waals surface area (Å²) in [6.45, 7) is 4.57. The van der Waals surface area contributed by atoms with Crippen molar-refractivity contribution in [3.63, 3.8) is 0 Å². The van der Waals surface area contributed by atoms with Crippen molar-refractivity contribution in [2.24, 2.45) is 5.92 Å². The topological polar surface area (TPSA) is 0 Å². The minimum atomic E-state index is 0.847. The smallest absolute Gasteiger partial charge is 0.0149 e. The van der Waals surface area contributed by atoms with Gasteiger partial charge in [0.1, 0.15) is 0 Å². The van der Waals surface area contributed by atoms with Crippen molar-refractivity contribution in [3.8, 4) is 0 Å². The van der Waals surface area contributed by atoms with Crippen LogP contribution < -0.4 is 0 Å². The largest absolute Gasteiger partial charge is 0.0628 e. The Kier molecular flexibility index (Phi) is 4.59. The molecule has 0 saturated carbocycles. The molecule has 1 rings (SSSR count). The van der Waals surface area contributed by atoms with E-state index in [4.69, 9.17) is 0 Å². The summed E-state index contributed by atoms with van der Waals surface area (Å²) in [5, 5.41) is 0. The molecule has 0 aliphatic carbocycles. The van der Waals surface area contributed by atoms with Crippen molar-refractivity contribution in [2.75, 3.05) is 0 Å². The number of aryl methyl sites for hydroxylation is 1. The van der Waals surface area contributed by atoms with E-state index >= 15 is 0 Å². The van der Waals surface area contributed by atoms with E-state index in [9.17, 15) is 0 Å². The fourth-order valence-electron chi connectivity index (χ4n) is 1.45. The summed E-state index contributed by atoms with van der Waals surface area (Å²) in [4.78, 5) is 0. The molecule has 0 nitrogen and oxygen atoms in total. The van der Waals surface area contributed by atoms with E-state index in [2.05, 4.69) is 32.0 Å². The molecule has 0 aromatic heterocycles. The zero-order valence-corrected chi connectivity index (χ0v) is 8.72. The summed E-state index contributed by atoms with van der Waals surface area (Å²) < 4.78 is 0. The Hall–Kier alpha value is -0.780. The number of hydrogen-bond acceptors (Lipinski definition) is 0. The molecule has 0 aliphatic heterocycles. The van der Waals surface area contributed by atoms with Crippen molar-refractivity contribution in [1.82, 2.24) is 0 Å². The highest BCUT2D eigenvalue weighted by Gasteiger charge is 1.95. The summed E-state index contributed by atoms with van der Waals surface area (Å²) in [5.74, 6) is 0.847. The van der Waals surface area contributed by atoms with Gasteiger partial charge in [0.2, 0.25) is 0 Å². The van der Waals surface area contributed by atoms with E-state index in [0.29, 0.717) is 0 Å². The minimum absolute atomic E-state index is 0.847. The molecule has 0 amide bonds. The zero-order chi connectivity index (χ0) is 9.52. The minimum Gasteiger partial charge on any atom is -0.0628 e. The fourth-order valence-corrected chi connectivity index (χ4v) is 1.45. The molecule has 0 atom stereocenters. The average Bonchev–Trinajstić information content (AvgIpc) is 2.14. The quantitative estimate of drug-likeness (QED) is 0.596. The van der Waals surface area contributed by atoms with E-state index in [1.54, 1.807) is 0 Å².